The van der Waals surface area contributed by atoms with Crippen LogP contribution < -0.4 is 30.0 Å². The molecule has 0 saturated carbocycles. The van der Waals surface area contributed by atoms with Crippen LogP contribution in [0.15, 0.2) is 23.0 Å². The zero-order valence-corrected chi connectivity index (χ0v) is 26.1. The fraction of sp³-hybridized carbons (Fsp3) is 0.759. The summed E-state index contributed by atoms with van der Waals surface area (Å²) in [7, 11) is 0. The SMILES string of the molecule is CC[NH+](CC)CC.CC[NH+](CC)CC.CC[NH+](CC)CC.O=C([O-])CC1=COCC(CC(=O)[O-])=C1CC(=O)[O-]. The molecule has 1 aliphatic heterocycles. The van der Waals surface area contributed by atoms with E-state index in [-0.39, 0.29) is 23.3 Å². The van der Waals surface area contributed by atoms with Crippen LogP contribution in [0.5, 0.6) is 0 Å². The zero-order valence-electron chi connectivity index (χ0n) is 26.1. The molecule has 10 heteroatoms. The molecule has 0 aromatic rings. The predicted molar refractivity (Wildman–Crippen MR) is 148 cm³/mol. The Balaban J connectivity index is -0.000000511. The van der Waals surface area contributed by atoms with Gasteiger partial charge in [0.05, 0.1) is 65.2 Å². The van der Waals surface area contributed by atoms with Crippen LogP contribution in [-0.4, -0.2) is 83.4 Å². The predicted octanol–water partition coefficient (Wildman–Crippen LogP) is -3.59. The fourth-order valence-corrected chi connectivity index (χ4v) is 3.90. The standard InChI is InChI=1S/C11H12O7.3C6H15N/c12-9(13)1-6-4-18-5-7(2-10(14)15)8(6)3-11(16)17;3*1-4-7(5-2)6-3/h4H,1-3,5H2,(H,12,13)(H,14,15)(H,16,17);3*4-6H2,1-3H3. The third kappa shape index (κ3) is 23.2. The van der Waals surface area contributed by atoms with Gasteiger partial charge in [0, 0.05) is 37.2 Å². The van der Waals surface area contributed by atoms with Gasteiger partial charge in [0.1, 0.15) is 6.61 Å². The van der Waals surface area contributed by atoms with E-state index in [1.54, 1.807) is 14.7 Å². The van der Waals surface area contributed by atoms with Crippen molar-refractivity contribution in [1.82, 2.24) is 0 Å². The number of carbonyl (C=O) groups is 3. The highest BCUT2D eigenvalue weighted by Crippen LogP contribution is 2.27. The highest BCUT2D eigenvalue weighted by atomic mass is 16.5. The first kappa shape index (κ1) is 41.1. The molecule has 230 valence electrons. The Kier molecular flexibility index (Phi) is 28.6. The molecule has 0 bridgehead atoms. The molecule has 0 aromatic heterocycles. The van der Waals surface area contributed by atoms with Crippen LogP contribution in [0.2, 0.25) is 0 Å². The molecule has 1 aliphatic rings. The molecule has 0 aliphatic carbocycles. The second-order valence-corrected chi connectivity index (χ2v) is 9.11. The van der Waals surface area contributed by atoms with Crippen molar-refractivity contribution in [2.75, 3.05) is 65.5 Å². The minimum Gasteiger partial charge on any atom is -0.550 e. The van der Waals surface area contributed by atoms with E-state index < -0.39 is 37.2 Å². The molecule has 0 fully saturated rings. The molecule has 10 nitrogen and oxygen atoms in total. The normalized spacial score (nSPS) is 12.4. The van der Waals surface area contributed by atoms with Gasteiger partial charge in [0.25, 0.3) is 0 Å². The summed E-state index contributed by atoms with van der Waals surface area (Å²) >= 11 is 0. The number of carboxylic acid groups (broad SMARTS) is 3. The average Bonchev–Trinajstić information content (AvgIpc) is 2.89. The van der Waals surface area contributed by atoms with Crippen LogP contribution in [0.25, 0.3) is 0 Å². The highest BCUT2D eigenvalue weighted by Gasteiger charge is 2.17. The van der Waals surface area contributed by atoms with Crippen molar-refractivity contribution in [2.45, 2.75) is 81.6 Å². The number of nitrogens with one attached hydrogen (secondary N) is 3. The van der Waals surface area contributed by atoms with Gasteiger partial charge in [-0.2, -0.15) is 0 Å². The summed E-state index contributed by atoms with van der Waals surface area (Å²) < 4.78 is 4.89. The number of hydrogen-bond donors (Lipinski definition) is 3. The summed E-state index contributed by atoms with van der Waals surface area (Å²) in [5.74, 6) is -4.26. The van der Waals surface area contributed by atoms with Crippen LogP contribution >= 0.6 is 0 Å². The van der Waals surface area contributed by atoms with Gasteiger partial charge in [0.2, 0.25) is 0 Å². The maximum atomic E-state index is 10.6. The first-order valence-corrected chi connectivity index (χ1v) is 14.6. The molecule has 0 radical (unpaired) electrons. The Hall–Kier alpha value is -2.43. The van der Waals surface area contributed by atoms with Crippen LogP contribution in [0, 0.1) is 0 Å². The van der Waals surface area contributed by atoms with E-state index in [1.165, 1.54) is 58.9 Å². The summed E-state index contributed by atoms with van der Waals surface area (Å²) in [6.07, 6.45) is -0.565. The second-order valence-electron chi connectivity index (χ2n) is 9.11. The van der Waals surface area contributed by atoms with Gasteiger partial charge >= 0.3 is 0 Å². The van der Waals surface area contributed by atoms with Crippen molar-refractivity contribution >= 4 is 17.9 Å². The zero-order chi connectivity index (χ0) is 30.8. The molecule has 0 atom stereocenters. The number of carbonyl (C=O) groups excluding carboxylic acids is 3. The molecule has 1 heterocycles. The molecule has 0 saturated heterocycles. The number of aliphatic carboxylic acids is 3. The lowest BCUT2D eigenvalue weighted by atomic mass is 9.93. The van der Waals surface area contributed by atoms with E-state index in [9.17, 15) is 29.7 Å². The van der Waals surface area contributed by atoms with E-state index in [2.05, 4.69) is 62.3 Å². The Bertz CT molecular complexity index is 667. The van der Waals surface area contributed by atoms with Gasteiger partial charge in [-0.3, -0.25) is 0 Å². The molecule has 3 N–H and O–H groups in total. The number of rotatable bonds is 15. The summed E-state index contributed by atoms with van der Waals surface area (Å²) in [5.41, 5.74) is 0.328. The third-order valence-corrected chi connectivity index (χ3v) is 6.81. The molecule has 0 spiro atoms. The minimum atomic E-state index is -1.44. The van der Waals surface area contributed by atoms with Crippen molar-refractivity contribution in [3.63, 3.8) is 0 Å². The lowest BCUT2D eigenvalue weighted by molar-refractivity contribution is -0.894. The topological polar surface area (TPSA) is 143 Å². The first-order chi connectivity index (χ1) is 18.4. The lowest BCUT2D eigenvalue weighted by Crippen LogP contribution is -3.11. The van der Waals surface area contributed by atoms with Crippen LogP contribution in [0.3, 0.4) is 0 Å². The van der Waals surface area contributed by atoms with Crippen LogP contribution in [0.4, 0.5) is 0 Å². The van der Waals surface area contributed by atoms with Gasteiger partial charge in [-0.15, -0.1) is 0 Å². The molecule has 39 heavy (non-hydrogen) atoms. The minimum absolute atomic E-state index is 0.0710. The number of quaternary nitrogens is 3. The van der Waals surface area contributed by atoms with Crippen molar-refractivity contribution in [3.05, 3.63) is 23.0 Å². The summed E-state index contributed by atoms with van der Waals surface area (Å²) in [6.45, 7) is 31.3. The van der Waals surface area contributed by atoms with Gasteiger partial charge in [0.15, 0.2) is 0 Å². The van der Waals surface area contributed by atoms with Crippen molar-refractivity contribution in [2.24, 2.45) is 0 Å². The van der Waals surface area contributed by atoms with Crippen LogP contribution in [0.1, 0.15) is 81.6 Å². The lowest BCUT2D eigenvalue weighted by Gasteiger charge is -2.23. The summed E-state index contributed by atoms with van der Waals surface area (Å²) in [6, 6.07) is 0. The van der Waals surface area contributed by atoms with E-state index >= 15 is 0 Å². The summed E-state index contributed by atoms with van der Waals surface area (Å²) in [4.78, 5) is 36.7. The van der Waals surface area contributed by atoms with E-state index in [1.807, 2.05) is 0 Å². The van der Waals surface area contributed by atoms with Crippen molar-refractivity contribution in [3.8, 4) is 0 Å². The van der Waals surface area contributed by atoms with E-state index in [0.717, 1.165) is 6.26 Å². The molecule has 0 amide bonds. The van der Waals surface area contributed by atoms with Crippen molar-refractivity contribution < 1.29 is 49.1 Å². The maximum absolute atomic E-state index is 10.6. The average molecular weight is 560 g/mol. The summed E-state index contributed by atoms with van der Waals surface area (Å²) in [5, 5.41) is 31.6. The quantitative estimate of drug-likeness (QED) is 0.188. The van der Waals surface area contributed by atoms with Gasteiger partial charge in [-0.05, 0) is 79.0 Å². The Labute approximate surface area is 237 Å². The smallest absolute Gasteiger partial charge is 0.109 e. The van der Waals surface area contributed by atoms with E-state index in [4.69, 9.17) is 4.74 Å². The first-order valence-electron chi connectivity index (χ1n) is 14.6. The number of hydrogen-bond acceptors (Lipinski definition) is 7. The Morgan fingerprint density at radius 2 is 0.897 bits per heavy atom. The van der Waals surface area contributed by atoms with E-state index in [0.29, 0.717) is 0 Å². The number of ether oxygens (including phenoxy) is 1. The highest BCUT2D eigenvalue weighted by molar-refractivity contribution is 5.76. The maximum Gasteiger partial charge on any atom is 0.109 e. The Morgan fingerprint density at radius 3 is 1.13 bits per heavy atom. The molecule has 0 unspecified atom stereocenters. The molecular formula is C29H57N3O7. The van der Waals surface area contributed by atoms with Gasteiger partial charge in [-0.1, -0.05) is 0 Å². The van der Waals surface area contributed by atoms with Gasteiger partial charge < -0.3 is 49.1 Å². The second kappa shape index (κ2) is 27.1. The van der Waals surface area contributed by atoms with Crippen LogP contribution in [-0.2, 0) is 19.1 Å². The monoisotopic (exact) mass is 559 g/mol. The van der Waals surface area contributed by atoms with Crippen molar-refractivity contribution in [1.29, 1.82) is 0 Å². The van der Waals surface area contributed by atoms with Gasteiger partial charge in [-0.25, -0.2) is 0 Å². The third-order valence-electron chi connectivity index (χ3n) is 6.81. The molecule has 0 aromatic carbocycles. The Morgan fingerprint density at radius 1 is 0.590 bits per heavy atom. The number of carboxylic acids is 3. The fourth-order valence-electron chi connectivity index (χ4n) is 3.90. The molecule has 1 rings (SSSR count). The largest absolute Gasteiger partial charge is 0.550 e. The molecular weight excluding hydrogens is 502 g/mol.